The Morgan fingerprint density at radius 2 is 2.08 bits per heavy atom. The molecule has 0 saturated carbocycles. The SMILES string of the molecule is Nn1c(SCC(=O)NCCc2ccc(F)cc2)nnc1-c1cccs1. The summed E-state index contributed by atoms with van der Waals surface area (Å²) in [5, 5.41) is 13.3. The number of benzene rings is 1. The first-order valence-corrected chi connectivity index (χ1v) is 9.38. The van der Waals surface area contributed by atoms with Gasteiger partial charge in [0.05, 0.1) is 10.6 Å². The zero-order valence-corrected chi connectivity index (χ0v) is 14.8. The van der Waals surface area contributed by atoms with Gasteiger partial charge in [0.1, 0.15) is 5.82 Å². The molecule has 6 nitrogen and oxygen atoms in total. The summed E-state index contributed by atoms with van der Waals surface area (Å²) < 4.78 is 14.2. The molecule has 0 bridgehead atoms. The van der Waals surface area contributed by atoms with Gasteiger partial charge < -0.3 is 11.2 Å². The van der Waals surface area contributed by atoms with E-state index < -0.39 is 0 Å². The molecule has 0 saturated heterocycles. The van der Waals surface area contributed by atoms with Crippen molar-refractivity contribution in [1.29, 1.82) is 0 Å². The van der Waals surface area contributed by atoms with Crippen LogP contribution in [0.15, 0.2) is 46.9 Å². The second-order valence-electron chi connectivity index (χ2n) is 5.17. The van der Waals surface area contributed by atoms with Gasteiger partial charge in [0.25, 0.3) is 0 Å². The summed E-state index contributed by atoms with van der Waals surface area (Å²) in [6, 6.07) is 10.1. The van der Waals surface area contributed by atoms with Crippen LogP contribution < -0.4 is 11.2 Å². The van der Waals surface area contributed by atoms with Crippen LogP contribution in [0.1, 0.15) is 5.56 Å². The number of halogens is 1. The molecule has 1 aromatic carbocycles. The summed E-state index contributed by atoms with van der Waals surface area (Å²) in [7, 11) is 0. The maximum atomic E-state index is 12.8. The third-order valence-electron chi connectivity index (χ3n) is 3.39. The molecular weight excluding hydrogens is 361 g/mol. The zero-order chi connectivity index (χ0) is 17.6. The summed E-state index contributed by atoms with van der Waals surface area (Å²) in [6.45, 7) is 0.487. The second kappa shape index (κ2) is 8.13. The predicted octanol–water partition coefficient (Wildman–Crippen LogP) is 2.31. The minimum absolute atomic E-state index is 0.118. The average molecular weight is 377 g/mol. The molecule has 130 valence electrons. The largest absolute Gasteiger partial charge is 0.355 e. The molecule has 0 fully saturated rings. The van der Waals surface area contributed by atoms with E-state index in [9.17, 15) is 9.18 Å². The standard InChI is InChI=1S/C16H16FN5OS2/c17-12-5-3-11(4-6-12)7-8-19-14(23)10-25-16-21-20-15(22(16)18)13-2-1-9-24-13/h1-6,9H,7-8,10,18H2,(H,19,23). The van der Waals surface area contributed by atoms with Crippen molar-refractivity contribution in [3.63, 3.8) is 0 Å². The molecule has 3 rings (SSSR count). The Morgan fingerprint density at radius 1 is 1.28 bits per heavy atom. The Labute approximate surface area is 152 Å². The lowest BCUT2D eigenvalue weighted by atomic mass is 10.1. The molecule has 0 aliphatic carbocycles. The fourth-order valence-electron chi connectivity index (χ4n) is 2.13. The lowest BCUT2D eigenvalue weighted by Crippen LogP contribution is -2.27. The Kier molecular flexibility index (Phi) is 5.67. The van der Waals surface area contributed by atoms with Crippen LogP contribution in [0.5, 0.6) is 0 Å². The van der Waals surface area contributed by atoms with Gasteiger partial charge in [-0.25, -0.2) is 9.07 Å². The normalized spacial score (nSPS) is 10.8. The van der Waals surface area contributed by atoms with E-state index >= 15 is 0 Å². The first kappa shape index (κ1) is 17.4. The van der Waals surface area contributed by atoms with Crippen LogP contribution in [-0.4, -0.2) is 33.1 Å². The van der Waals surface area contributed by atoms with Crippen LogP contribution in [0.25, 0.3) is 10.7 Å². The fourth-order valence-corrected chi connectivity index (χ4v) is 3.52. The quantitative estimate of drug-likeness (QED) is 0.487. The molecule has 3 aromatic rings. The highest BCUT2D eigenvalue weighted by atomic mass is 32.2. The Bertz CT molecular complexity index is 833. The van der Waals surface area contributed by atoms with Gasteiger partial charge in [0.2, 0.25) is 11.1 Å². The number of nitrogens with one attached hydrogen (secondary N) is 1. The number of nitrogens with two attached hydrogens (primary N) is 1. The number of aromatic nitrogens is 3. The molecule has 2 heterocycles. The molecular formula is C16H16FN5OS2. The number of nitrogen functional groups attached to an aromatic ring is 1. The minimum Gasteiger partial charge on any atom is -0.355 e. The highest BCUT2D eigenvalue weighted by molar-refractivity contribution is 7.99. The summed E-state index contributed by atoms with van der Waals surface area (Å²) in [4.78, 5) is 12.8. The summed E-state index contributed by atoms with van der Waals surface area (Å²) >= 11 is 2.75. The third kappa shape index (κ3) is 4.58. The number of carbonyl (C=O) groups is 1. The van der Waals surface area contributed by atoms with Crippen LogP contribution in [-0.2, 0) is 11.2 Å². The zero-order valence-electron chi connectivity index (χ0n) is 13.2. The van der Waals surface area contributed by atoms with Gasteiger partial charge in [-0.1, -0.05) is 30.0 Å². The highest BCUT2D eigenvalue weighted by Crippen LogP contribution is 2.24. The molecule has 0 spiro atoms. The van der Waals surface area contributed by atoms with Crippen LogP contribution in [0, 0.1) is 5.82 Å². The van der Waals surface area contributed by atoms with Gasteiger partial charge >= 0.3 is 0 Å². The topological polar surface area (TPSA) is 85.8 Å². The van der Waals surface area contributed by atoms with E-state index in [1.165, 1.54) is 39.9 Å². The van der Waals surface area contributed by atoms with Crippen molar-refractivity contribution in [2.24, 2.45) is 0 Å². The van der Waals surface area contributed by atoms with Crippen molar-refractivity contribution in [3.05, 3.63) is 53.2 Å². The van der Waals surface area contributed by atoms with E-state index in [1.807, 2.05) is 17.5 Å². The molecule has 25 heavy (non-hydrogen) atoms. The van der Waals surface area contributed by atoms with Crippen LogP contribution >= 0.6 is 23.1 Å². The number of carbonyl (C=O) groups excluding carboxylic acids is 1. The van der Waals surface area contributed by atoms with Crippen molar-refractivity contribution < 1.29 is 9.18 Å². The number of thiophene rings is 1. The molecule has 0 aliphatic rings. The highest BCUT2D eigenvalue weighted by Gasteiger charge is 2.14. The average Bonchev–Trinajstić information content (AvgIpc) is 3.24. The van der Waals surface area contributed by atoms with Gasteiger partial charge in [-0.2, -0.15) is 0 Å². The monoisotopic (exact) mass is 377 g/mol. The summed E-state index contributed by atoms with van der Waals surface area (Å²) in [5.41, 5.74) is 0.969. The minimum atomic E-state index is -0.267. The van der Waals surface area contributed by atoms with Gasteiger partial charge in [-0.05, 0) is 35.6 Å². The van der Waals surface area contributed by atoms with Crippen molar-refractivity contribution in [2.75, 3.05) is 18.1 Å². The van der Waals surface area contributed by atoms with Crippen LogP contribution in [0.3, 0.4) is 0 Å². The lowest BCUT2D eigenvalue weighted by Gasteiger charge is -2.05. The van der Waals surface area contributed by atoms with Gasteiger partial charge in [0, 0.05) is 6.54 Å². The second-order valence-corrected chi connectivity index (χ2v) is 7.06. The Hall–Kier alpha value is -2.39. The molecule has 0 radical (unpaired) electrons. The molecule has 0 unspecified atom stereocenters. The number of nitrogens with zero attached hydrogens (tertiary/aromatic N) is 3. The number of rotatable bonds is 7. The van der Waals surface area contributed by atoms with Gasteiger partial charge in [-0.3, -0.25) is 4.79 Å². The van der Waals surface area contributed by atoms with E-state index in [0.29, 0.717) is 23.9 Å². The van der Waals surface area contributed by atoms with E-state index in [-0.39, 0.29) is 17.5 Å². The molecule has 0 aliphatic heterocycles. The van der Waals surface area contributed by atoms with E-state index in [1.54, 1.807) is 12.1 Å². The van der Waals surface area contributed by atoms with Crippen LogP contribution in [0.2, 0.25) is 0 Å². The lowest BCUT2D eigenvalue weighted by molar-refractivity contribution is -0.118. The number of thioether (sulfide) groups is 1. The van der Waals surface area contributed by atoms with E-state index in [4.69, 9.17) is 5.84 Å². The number of hydrogen-bond acceptors (Lipinski definition) is 6. The molecule has 2 aromatic heterocycles. The fraction of sp³-hybridized carbons (Fsp3) is 0.188. The Morgan fingerprint density at radius 3 is 2.80 bits per heavy atom. The van der Waals surface area contributed by atoms with E-state index in [0.717, 1.165) is 10.4 Å². The third-order valence-corrected chi connectivity index (χ3v) is 5.20. The molecule has 0 atom stereocenters. The Balaban J connectivity index is 1.45. The van der Waals surface area contributed by atoms with Gasteiger partial charge in [0.15, 0.2) is 5.82 Å². The number of hydrogen-bond donors (Lipinski definition) is 2. The van der Waals surface area contributed by atoms with Gasteiger partial charge in [-0.15, -0.1) is 21.5 Å². The van der Waals surface area contributed by atoms with Crippen molar-refractivity contribution in [3.8, 4) is 10.7 Å². The van der Waals surface area contributed by atoms with Crippen molar-refractivity contribution in [2.45, 2.75) is 11.6 Å². The molecule has 1 amide bonds. The first-order chi connectivity index (χ1) is 12.1. The molecule has 3 N–H and O–H groups in total. The maximum absolute atomic E-state index is 12.8. The smallest absolute Gasteiger partial charge is 0.230 e. The van der Waals surface area contributed by atoms with Crippen molar-refractivity contribution in [1.82, 2.24) is 20.2 Å². The number of amides is 1. The first-order valence-electron chi connectivity index (χ1n) is 7.52. The van der Waals surface area contributed by atoms with E-state index in [2.05, 4.69) is 15.5 Å². The van der Waals surface area contributed by atoms with Crippen LogP contribution in [0.4, 0.5) is 4.39 Å². The molecule has 9 heteroatoms. The maximum Gasteiger partial charge on any atom is 0.230 e. The predicted molar refractivity (Wildman–Crippen MR) is 97.3 cm³/mol. The van der Waals surface area contributed by atoms with Crippen molar-refractivity contribution >= 4 is 29.0 Å². The summed E-state index contributed by atoms with van der Waals surface area (Å²) in [6.07, 6.45) is 0.645. The summed E-state index contributed by atoms with van der Waals surface area (Å²) in [5.74, 6) is 6.38.